The number of methoxy groups -OCH3 is 1. The van der Waals surface area contributed by atoms with Crippen LogP contribution >= 0.6 is 11.8 Å². The van der Waals surface area contributed by atoms with Crippen molar-refractivity contribution < 1.29 is 4.74 Å². The lowest BCUT2D eigenvalue weighted by atomic mass is 9.99. The van der Waals surface area contributed by atoms with E-state index in [1.165, 1.54) is 35.3 Å². The second-order valence-electron chi connectivity index (χ2n) is 5.26. The Labute approximate surface area is 128 Å². The Kier molecular flexibility index (Phi) is 8.08. The molecule has 3 heteroatoms. The third-order valence-electron chi connectivity index (χ3n) is 3.43. The molecule has 1 N–H and O–H groups in total. The highest BCUT2D eigenvalue weighted by atomic mass is 32.2. The lowest BCUT2D eigenvalue weighted by Gasteiger charge is -2.22. The monoisotopic (exact) mass is 295 g/mol. The van der Waals surface area contributed by atoms with Gasteiger partial charge in [-0.1, -0.05) is 19.9 Å². The van der Waals surface area contributed by atoms with E-state index < -0.39 is 0 Å². The van der Waals surface area contributed by atoms with Crippen molar-refractivity contribution in [3.8, 4) is 5.75 Å². The first kappa shape index (κ1) is 17.4. The molecule has 2 nitrogen and oxygen atoms in total. The predicted molar refractivity (Wildman–Crippen MR) is 91.1 cm³/mol. The molecule has 20 heavy (non-hydrogen) atoms. The smallest absolute Gasteiger partial charge is 0.122 e. The summed E-state index contributed by atoms with van der Waals surface area (Å²) in [6.45, 7) is 9.84. The summed E-state index contributed by atoms with van der Waals surface area (Å²) in [6, 6.07) is 4.89. The minimum atomic E-state index is 0.441. The summed E-state index contributed by atoms with van der Waals surface area (Å²) >= 11 is 2.04. The zero-order valence-electron chi connectivity index (χ0n) is 13.6. The van der Waals surface area contributed by atoms with Crippen LogP contribution in [0.4, 0.5) is 0 Å². The molecule has 0 heterocycles. The van der Waals surface area contributed by atoms with E-state index in [4.69, 9.17) is 4.74 Å². The van der Waals surface area contributed by atoms with Gasteiger partial charge in [-0.2, -0.15) is 11.8 Å². The van der Waals surface area contributed by atoms with Crippen LogP contribution in [0, 0.1) is 13.8 Å². The summed E-state index contributed by atoms with van der Waals surface area (Å²) < 4.78 is 5.41. The molecule has 0 amide bonds. The summed E-state index contributed by atoms with van der Waals surface area (Å²) in [5.74, 6) is 3.36. The molecule has 0 radical (unpaired) electrons. The van der Waals surface area contributed by atoms with Gasteiger partial charge in [-0.3, -0.25) is 0 Å². The Balaban J connectivity index is 2.90. The second-order valence-corrected chi connectivity index (χ2v) is 6.41. The molecule has 0 fully saturated rings. The lowest BCUT2D eigenvalue weighted by molar-refractivity contribution is 0.411. The molecular formula is C17H29NOS. The maximum Gasteiger partial charge on any atom is 0.122 e. The summed E-state index contributed by atoms with van der Waals surface area (Å²) in [7, 11) is 1.74. The number of ether oxygens (including phenoxy) is 1. The van der Waals surface area contributed by atoms with Gasteiger partial charge in [-0.15, -0.1) is 0 Å². The predicted octanol–water partition coefficient (Wildman–Crippen LogP) is 4.50. The molecule has 0 aliphatic rings. The maximum absolute atomic E-state index is 5.41. The first-order valence-corrected chi connectivity index (χ1v) is 8.75. The molecule has 1 atom stereocenters. The fourth-order valence-electron chi connectivity index (χ4n) is 2.33. The van der Waals surface area contributed by atoms with Crippen LogP contribution in [0.5, 0.6) is 5.75 Å². The van der Waals surface area contributed by atoms with E-state index in [0.29, 0.717) is 6.04 Å². The number of rotatable bonds is 9. The van der Waals surface area contributed by atoms with Crippen LogP contribution in [-0.2, 0) is 0 Å². The first-order valence-electron chi connectivity index (χ1n) is 7.60. The van der Waals surface area contributed by atoms with E-state index in [0.717, 1.165) is 18.0 Å². The molecule has 1 aromatic rings. The van der Waals surface area contributed by atoms with Crippen LogP contribution in [0.15, 0.2) is 12.1 Å². The zero-order chi connectivity index (χ0) is 15.0. The Bertz CT molecular complexity index is 406. The fourth-order valence-corrected chi connectivity index (χ4v) is 3.32. The topological polar surface area (TPSA) is 21.3 Å². The SMILES string of the molecule is CCCNC(CSCCC)c1cc(C)c(OC)cc1C. The first-order chi connectivity index (χ1) is 9.63. The molecule has 0 saturated heterocycles. The molecule has 0 aliphatic heterocycles. The van der Waals surface area contributed by atoms with Crippen molar-refractivity contribution in [1.82, 2.24) is 5.32 Å². The number of hydrogen-bond acceptors (Lipinski definition) is 3. The van der Waals surface area contributed by atoms with E-state index >= 15 is 0 Å². The number of thioether (sulfide) groups is 1. The van der Waals surface area contributed by atoms with Gasteiger partial charge < -0.3 is 10.1 Å². The molecule has 0 spiro atoms. The molecule has 1 rings (SSSR count). The quantitative estimate of drug-likeness (QED) is 0.678. The standard InChI is InChI=1S/C17H29NOS/c1-6-8-18-16(12-20-9-7-2)15-10-14(4)17(19-5)11-13(15)3/h10-11,16,18H,6-9,12H2,1-5H3. The van der Waals surface area contributed by atoms with E-state index in [2.05, 4.69) is 45.1 Å². The minimum absolute atomic E-state index is 0.441. The number of aryl methyl sites for hydroxylation is 2. The van der Waals surface area contributed by atoms with Crippen LogP contribution < -0.4 is 10.1 Å². The minimum Gasteiger partial charge on any atom is -0.496 e. The lowest BCUT2D eigenvalue weighted by Crippen LogP contribution is -2.25. The van der Waals surface area contributed by atoms with E-state index in [1.807, 2.05) is 11.8 Å². The Hall–Kier alpha value is -0.670. The number of hydrogen-bond donors (Lipinski definition) is 1. The van der Waals surface area contributed by atoms with Gasteiger partial charge in [0.15, 0.2) is 0 Å². The summed E-state index contributed by atoms with van der Waals surface area (Å²) in [5, 5.41) is 3.69. The van der Waals surface area contributed by atoms with Crippen molar-refractivity contribution in [2.75, 3.05) is 25.2 Å². The average Bonchev–Trinajstić information content (AvgIpc) is 2.45. The molecule has 0 saturated carbocycles. The van der Waals surface area contributed by atoms with Crippen LogP contribution in [-0.4, -0.2) is 25.2 Å². The normalized spacial score (nSPS) is 12.4. The Morgan fingerprint density at radius 2 is 1.90 bits per heavy atom. The highest BCUT2D eigenvalue weighted by molar-refractivity contribution is 7.99. The van der Waals surface area contributed by atoms with Crippen molar-refractivity contribution in [1.29, 1.82) is 0 Å². The van der Waals surface area contributed by atoms with Crippen molar-refractivity contribution >= 4 is 11.8 Å². The Morgan fingerprint density at radius 3 is 2.50 bits per heavy atom. The zero-order valence-corrected chi connectivity index (χ0v) is 14.4. The van der Waals surface area contributed by atoms with Gasteiger partial charge in [0.1, 0.15) is 5.75 Å². The van der Waals surface area contributed by atoms with E-state index in [1.54, 1.807) is 7.11 Å². The fraction of sp³-hybridized carbons (Fsp3) is 0.647. The highest BCUT2D eigenvalue weighted by Crippen LogP contribution is 2.28. The van der Waals surface area contributed by atoms with Gasteiger partial charge in [0.2, 0.25) is 0 Å². The van der Waals surface area contributed by atoms with Gasteiger partial charge in [0.25, 0.3) is 0 Å². The van der Waals surface area contributed by atoms with E-state index in [9.17, 15) is 0 Å². The molecular weight excluding hydrogens is 266 g/mol. The number of nitrogens with one attached hydrogen (secondary N) is 1. The van der Waals surface area contributed by atoms with Crippen LogP contribution in [0.2, 0.25) is 0 Å². The Morgan fingerprint density at radius 1 is 1.15 bits per heavy atom. The third-order valence-corrected chi connectivity index (χ3v) is 4.70. The molecule has 1 aromatic carbocycles. The van der Waals surface area contributed by atoms with Gasteiger partial charge in [-0.25, -0.2) is 0 Å². The molecule has 0 aliphatic carbocycles. The molecule has 1 unspecified atom stereocenters. The summed E-state index contributed by atoms with van der Waals surface area (Å²) in [4.78, 5) is 0. The van der Waals surface area contributed by atoms with Gasteiger partial charge >= 0.3 is 0 Å². The highest BCUT2D eigenvalue weighted by Gasteiger charge is 2.15. The van der Waals surface area contributed by atoms with Crippen LogP contribution in [0.1, 0.15) is 49.4 Å². The van der Waals surface area contributed by atoms with Crippen molar-refractivity contribution in [3.63, 3.8) is 0 Å². The molecule has 0 bridgehead atoms. The van der Waals surface area contributed by atoms with Crippen molar-refractivity contribution in [3.05, 3.63) is 28.8 Å². The van der Waals surface area contributed by atoms with Crippen LogP contribution in [0.3, 0.4) is 0 Å². The van der Waals surface area contributed by atoms with Gasteiger partial charge in [0, 0.05) is 11.8 Å². The number of benzene rings is 1. The molecule has 114 valence electrons. The van der Waals surface area contributed by atoms with Crippen LogP contribution in [0.25, 0.3) is 0 Å². The second kappa shape index (κ2) is 9.30. The summed E-state index contributed by atoms with van der Waals surface area (Å²) in [6.07, 6.45) is 2.41. The summed E-state index contributed by atoms with van der Waals surface area (Å²) in [5.41, 5.74) is 3.95. The van der Waals surface area contributed by atoms with Crippen molar-refractivity contribution in [2.24, 2.45) is 0 Å². The third kappa shape index (κ3) is 5.02. The van der Waals surface area contributed by atoms with E-state index in [-0.39, 0.29) is 0 Å². The van der Waals surface area contributed by atoms with Gasteiger partial charge in [-0.05, 0) is 61.7 Å². The van der Waals surface area contributed by atoms with Gasteiger partial charge in [0.05, 0.1) is 7.11 Å². The average molecular weight is 295 g/mol. The largest absolute Gasteiger partial charge is 0.496 e. The van der Waals surface area contributed by atoms with Crippen molar-refractivity contribution in [2.45, 2.75) is 46.6 Å². The maximum atomic E-state index is 5.41. The molecule has 0 aromatic heterocycles.